The van der Waals surface area contributed by atoms with Crippen molar-refractivity contribution in [3.63, 3.8) is 0 Å². The number of carbonyl (C=O) groups is 1. The third-order valence-electron chi connectivity index (χ3n) is 4.57. The van der Waals surface area contributed by atoms with Gasteiger partial charge in [0.25, 0.3) is 0 Å². The van der Waals surface area contributed by atoms with Crippen LogP contribution in [0.5, 0.6) is 11.5 Å². The van der Waals surface area contributed by atoms with E-state index in [4.69, 9.17) is 15.2 Å². The highest BCUT2D eigenvalue weighted by atomic mass is 32.2. The van der Waals surface area contributed by atoms with Crippen LogP contribution in [0.15, 0.2) is 23.1 Å². The van der Waals surface area contributed by atoms with E-state index in [-0.39, 0.29) is 18.0 Å². The highest BCUT2D eigenvalue weighted by molar-refractivity contribution is 7.99. The van der Waals surface area contributed by atoms with Gasteiger partial charge >= 0.3 is 0 Å². The largest absolute Gasteiger partial charge is 0.486 e. The van der Waals surface area contributed by atoms with E-state index in [0.29, 0.717) is 19.6 Å². The molecule has 3 rings (SSSR count). The second-order valence-electron chi connectivity index (χ2n) is 6.41. The number of likely N-dealkylation sites (tertiary alicyclic amines) is 1. The first-order chi connectivity index (χ1) is 11.6. The van der Waals surface area contributed by atoms with Gasteiger partial charge in [0.2, 0.25) is 5.91 Å². The second kappa shape index (κ2) is 8.12. The average Bonchev–Trinajstić information content (AvgIpc) is 2.61. The molecule has 2 unspecified atom stereocenters. The number of thioether (sulfide) groups is 1. The third kappa shape index (κ3) is 4.16. The number of fused-ring (bicyclic) bond motifs is 1. The first-order valence-corrected chi connectivity index (χ1v) is 9.71. The summed E-state index contributed by atoms with van der Waals surface area (Å²) in [5, 5.41) is 0. The van der Waals surface area contributed by atoms with Crippen molar-refractivity contribution in [1.82, 2.24) is 4.90 Å². The van der Waals surface area contributed by atoms with E-state index in [2.05, 4.69) is 0 Å². The lowest BCUT2D eigenvalue weighted by molar-refractivity contribution is -0.134. The molecule has 0 saturated carbocycles. The van der Waals surface area contributed by atoms with E-state index in [0.717, 1.165) is 41.5 Å². The molecule has 2 heterocycles. The van der Waals surface area contributed by atoms with E-state index in [1.165, 1.54) is 6.42 Å². The Hall–Kier alpha value is -1.40. The fourth-order valence-corrected chi connectivity index (χ4v) is 4.19. The molecule has 2 atom stereocenters. The quantitative estimate of drug-likeness (QED) is 0.827. The molecule has 0 spiro atoms. The zero-order valence-electron chi connectivity index (χ0n) is 14.2. The molecule has 1 aromatic rings. The van der Waals surface area contributed by atoms with Gasteiger partial charge in [-0.15, -0.1) is 11.8 Å². The lowest BCUT2D eigenvalue weighted by Crippen LogP contribution is -2.51. The number of carbonyl (C=O) groups excluding carboxylic acids is 1. The van der Waals surface area contributed by atoms with Crippen LogP contribution in [-0.4, -0.2) is 48.4 Å². The molecular weight excluding hydrogens is 324 g/mol. The van der Waals surface area contributed by atoms with Gasteiger partial charge in [-0.25, -0.2) is 0 Å². The van der Waals surface area contributed by atoms with Gasteiger partial charge in [-0.3, -0.25) is 4.79 Å². The Labute approximate surface area is 147 Å². The van der Waals surface area contributed by atoms with Crippen LogP contribution in [0.4, 0.5) is 0 Å². The summed E-state index contributed by atoms with van der Waals surface area (Å²) < 4.78 is 11.1. The average molecular weight is 350 g/mol. The van der Waals surface area contributed by atoms with Crippen LogP contribution < -0.4 is 15.2 Å². The number of amides is 1. The van der Waals surface area contributed by atoms with Crippen LogP contribution in [0.2, 0.25) is 0 Å². The van der Waals surface area contributed by atoms with Crippen molar-refractivity contribution in [2.45, 2.75) is 49.6 Å². The Morgan fingerprint density at radius 3 is 2.92 bits per heavy atom. The molecule has 24 heavy (non-hydrogen) atoms. The van der Waals surface area contributed by atoms with E-state index in [9.17, 15) is 4.79 Å². The second-order valence-corrected chi connectivity index (χ2v) is 7.58. The first kappa shape index (κ1) is 17.4. The van der Waals surface area contributed by atoms with Gasteiger partial charge in [-0.2, -0.15) is 0 Å². The van der Waals surface area contributed by atoms with Gasteiger partial charge in [0.05, 0.1) is 0 Å². The molecule has 0 bridgehead atoms. The summed E-state index contributed by atoms with van der Waals surface area (Å²) in [5.74, 6) is 2.59. The number of rotatable bonds is 5. The summed E-state index contributed by atoms with van der Waals surface area (Å²) in [6.07, 6.45) is 3.83. The van der Waals surface area contributed by atoms with Crippen LogP contribution >= 0.6 is 11.8 Å². The maximum absolute atomic E-state index is 12.5. The zero-order chi connectivity index (χ0) is 16.9. The van der Waals surface area contributed by atoms with Crippen molar-refractivity contribution < 1.29 is 14.3 Å². The van der Waals surface area contributed by atoms with E-state index < -0.39 is 0 Å². The number of hydrogen-bond donors (Lipinski definition) is 1. The van der Waals surface area contributed by atoms with Crippen LogP contribution in [0.3, 0.4) is 0 Å². The third-order valence-corrected chi connectivity index (χ3v) is 5.57. The fourth-order valence-electron chi connectivity index (χ4n) is 3.33. The van der Waals surface area contributed by atoms with Gasteiger partial charge in [0, 0.05) is 35.7 Å². The molecular formula is C18H26N2O3S. The first-order valence-electron chi connectivity index (χ1n) is 8.72. The molecule has 5 nitrogen and oxygen atoms in total. The fraction of sp³-hybridized carbons (Fsp3) is 0.611. The summed E-state index contributed by atoms with van der Waals surface area (Å²) >= 11 is 1.68. The molecule has 2 aliphatic rings. The maximum Gasteiger partial charge on any atom is 0.223 e. The summed E-state index contributed by atoms with van der Waals surface area (Å²) in [6.45, 7) is 4.04. The standard InChI is InChI=1S/C18H26N2O3S/c1-13(19)15-4-2-3-8-20(15)18(21)7-11-24-14-5-6-16-17(12-14)23-10-9-22-16/h5-6,12-13,15H,2-4,7-11,19H2,1H3. The molecule has 0 aliphatic carbocycles. The molecule has 132 valence electrons. The number of ether oxygens (including phenoxy) is 2. The Balaban J connectivity index is 1.51. The molecule has 0 radical (unpaired) electrons. The summed E-state index contributed by atoms with van der Waals surface area (Å²) in [6, 6.07) is 6.20. The van der Waals surface area contributed by atoms with Gasteiger partial charge in [-0.1, -0.05) is 0 Å². The number of benzene rings is 1. The molecule has 1 aromatic carbocycles. The van der Waals surface area contributed by atoms with E-state index >= 15 is 0 Å². The van der Waals surface area contributed by atoms with Crippen LogP contribution in [0.1, 0.15) is 32.6 Å². The number of nitrogens with two attached hydrogens (primary N) is 1. The summed E-state index contributed by atoms with van der Waals surface area (Å²) in [4.78, 5) is 15.7. The molecule has 0 aromatic heterocycles. The molecule has 1 amide bonds. The highest BCUT2D eigenvalue weighted by Gasteiger charge is 2.28. The number of nitrogens with zero attached hydrogens (tertiary/aromatic N) is 1. The molecule has 2 N–H and O–H groups in total. The Morgan fingerprint density at radius 2 is 2.12 bits per heavy atom. The predicted octanol–water partition coefficient (Wildman–Crippen LogP) is 2.67. The number of piperidine rings is 1. The number of hydrogen-bond acceptors (Lipinski definition) is 5. The molecule has 2 aliphatic heterocycles. The molecule has 1 fully saturated rings. The van der Waals surface area contributed by atoms with Crippen LogP contribution in [0.25, 0.3) is 0 Å². The Kier molecular flexibility index (Phi) is 5.89. The van der Waals surface area contributed by atoms with Crippen molar-refractivity contribution >= 4 is 17.7 Å². The zero-order valence-corrected chi connectivity index (χ0v) is 15.0. The van der Waals surface area contributed by atoms with Gasteiger partial charge in [-0.05, 0) is 44.4 Å². The minimum absolute atomic E-state index is 0.0414. The summed E-state index contributed by atoms with van der Waals surface area (Å²) in [7, 11) is 0. The van der Waals surface area contributed by atoms with Crippen molar-refractivity contribution in [1.29, 1.82) is 0 Å². The van der Waals surface area contributed by atoms with E-state index in [1.54, 1.807) is 11.8 Å². The van der Waals surface area contributed by atoms with Crippen LogP contribution in [-0.2, 0) is 4.79 Å². The lowest BCUT2D eigenvalue weighted by atomic mass is 9.96. The van der Waals surface area contributed by atoms with E-state index in [1.807, 2.05) is 30.0 Å². The van der Waals surface area contributed by atoms with Crippen molar-refractivity contribution in [2.75, 3.05) is 25.5 Å². The molecule has 1 saturated heterocycles. The molecule has 6 heteroatoms. The SMILES string of the molecule is CC(N)C1CCCCN1C(=O)CCSc1ccc2c(c1)OCCO2. The minimum atomic E-state index is 0.0414. The highest BCUT2D eigenvalue weighted by Crippen LogP contribution is 2.34. The maximum atomic E-state index is 12.5. The van der Waals surface area contributed by atoms with Crippen molar-refractivity contribution in [3.8, 4) is 11.5 Å². The predicted molar refractivity (Wildman–Crippen MR) is 95.8 cm³/mol. The monoisotopic (exact) mass is 350 g/mol. The Bertz CT molecular complexity index is 579. The van der Waals surface area contributed by atoms with Gasteiger partial charge < -0.3 is 20.1 Å². The minimum Gasteiger partial charge on any atom is -0.486 e. The Morgan fingerprint density at radius 1 is 1.33 bits per heavy atom. The van der Waals surface area contributed by atoms with Gasteiger partial charge in [0.1, 0.15) is 13.2 Å². The van der Waals surface area contributed by atoms with Crippen molar-refractivity contribution in [2.24, 2.45) is 5.73 Å². The van der Waals surface area contributed by atoms with Gasteiger partial charge in [0.15, 0.2) is 11.5 Å². The topological polar surface area (TPSA) is 64.8 Å². The normalized spacial score (nSPS) is 21.4. The smallest absolute Gasteiger partial charge is 0.223 e. The van der Waals surface area contributed by atoms with Crippen molar-refractivity contribution in [3.05, 3.63) is 18.2 Å². The summed E-state index contributed by atoms with van der Waals surface area (Å²) in [5.41, 5.74) is 6.06. The van der Waals surface area contributed by atoms with Crippen LogP contribution in [0, 0.1) is 0 Å². The lowest BCUT2D eigenvalue weighted by Gasteiger charge is -2.38.